The van der Waals surface area contributed by atoms with Gasteiger partial charge >= 0.3 is 0 Å². The molecule has 1 amide bonds. The lowest BCUT2D eigenvalue weighted by Gasteiger charge is -2.38. The lowest BCUT2D eigenvalue weighted by molar-refractivity contribution is -0.152. The molecule has 3 aromatic rings. The molecule has 0 unspecified atom stereocenters. The number of nitrogens with one attached hydrogen (secondary N) is 1. The number of rotatable bonds is 5. The number of nitrogens with two attached hydrogens (primary N) is 1. The molecule has 5 N–H and O–H groups in total. The Balaban J connectivity index is 1.24. The number of nitrogen functional groups attached to an aromatic ring is 1. The molecule has 0 spiro atoms. The number of carbonyl (C=O) groups excluding carboxylic acids is 1. The minimum atomic E-state index is -1.24. The van der Waals surface area contributed by atoms with Crippen molar-refractivity contribution < 1.29 is 24.3 Å². The van der Waals surface area contributed by atoms with Gasteiger partial charge in [-0.05, 0) is 12.8 Å². The van der Waals surface area contributed by atoms with Gasteiger partial charge in [0.15, 0.2) is 17.2 Å². The quantitative estimate of drug-likeness (QED) is 0.412. The number of aromatic nitrogens is 5. The standard InChI is InChI=1S/C18H21N7O5/c19-16-13-17(21-6-20-16)22-7-25(13)4-12-15(27)14(26)10(5-29-12)23-18(28)9-3-11(30-24-9)8-1-2-8/h3,6-8,10,12,14-15,26-27H,1-2,4-5H2,(H,23,28)(H2,19,20,21)/t10-,12-,14+,15-/m1/s1. The zero-order valence-electron chi connectivity index (χ0n) is 15.9. The molecule has 2 aliphatic rings. The van der Waals surface area contributed by atoms with Crippen molar-refractivity contribution in [1.29, 1.82) is 0 Å². The monoisotopic (exact) mass is 415 g/mol. The number of nitrogens with zero attached hydrogens (tertiary/aromatic N) is 5. The zero-order chi connectivity index (χ0) is 20.8. The fourth-order valence-electron chi connectivity index (χ4n) is 3.64. The summed E-state index contributed by atoms with van der Waals surface area (Å²) in [5, 5.41) is 27.5. The van der Waals surface area contributed by atoms with Gasteiger partial charge in [-0.25, -0.2) is 15.0 Å². The van der Waals surface area contributed by atoms with Crippen LogP contribution in [0, 0.1) is 0 Å². The highest BCUT2D eigenvalue weighted by atomic mass is 16.5. The van der Waals surface area contributed by atoms with E-state index in [-0.39, 0.29) is 24.7 Å². The largest absolute Gasteiger partial charge is 0.388 e. The zero-order valence-corrected chi connectivity index (χ0v) is 15.9. The number of anilines is 1. The maximum Gasteiger partial charge on any atom is 0.273 e. The molecule has 5 rings (SSSR count). The number of fused-ring (bicyclic) bond motifs is 1. The minimum Gasteiger partial charge on any atom is -0.388 e. The van der Waals surface area contributed by atoms with E-state index >= 15 is 0 Å². The number of aliphatic hydroxyl groups is 2. The van der Waals surface area contributed by atoms with Crippen LogP contribution in [-0.4, -0.2) is 71.8 Å². The van der Waals surface area contributed by atoms with E-state index in [2.05, 4.69) is 25.4 Å². The summed E-state index contributed by atoms with van der Waals surface area (Å²) in [6.07, 6.45) is 1.69. The van der Waals surface area contributed by atoms with Gasteiger partial charge in [0.2, 0.25) is 0 Å². The molecule has 1 aliphatic heterocycles. The lowest BCUT2D eigenvalue weighted by Crippen LogP contribution is -2.60. The first kappa shape index (κ1) is 18.9. The second kappa shape index (κ2) is 7.31. The highest BCUT2D eigenvalue weighted by molar-refractivity contribution is 5.92. The topological polar surface area (TPSA) is 174 Å². The number of aliphatic hydroxyl groups excluding tert-OH is 2. The third-order valence-corrected chi connectivity index (χ3v) is 5.50. The van der Waals surface area contributed by atoms with Crippen LogP contribution in [0.1, 0.15) is 35.0 Å². The van der Waals surface area contributed by atoms with E-state index in [1.54, 1.807) is 10.6 Å². The van der Waals surface area contributed by atoms with Crippen LogP contribution in [0.25, 0.3) is 11.2 Å². The minimum absolute atomic E-state index is 0.0145. The second-order valence-corrected chi connectivity index (χ2v) is 7.65. The summed E-state index contributed by atoms with van der Waals surface area (Å²) in [6.45, 7) is 0.196. The van der Waals surface area contributed by atoms with Gasteiger partial charge in [0.25, 0.3) is 5.91 Å². The maximum absolute atomic E-state index is 12.4. The van der Waals surface area contributed by atoms with Crippen molar-refractivity contribution >= 4 is 22.9 Å². The van der Waals surface area contributed by atoms with E-state index in [0.717, 1.165) is 12.8 Å². The van der Waals surface area contributed by atoms with E-state index in [9.17, 15) is 15.0 Å². The van der Waals surface area contributed by atoms with E-state index in [4.69, 9.17) is 15.0 Å². The van der Waals surface area contributed by atoms with Crippen LogP contribution in [0.4, 0.5) is 5.82 Å². The van der Waals surface area contributed by atoms with Crippen LogP contribution in [0.5, 0.6) is 0 Å². The van der Waals surface area contributed by atoms with Gasteiger partial charge in [-0.2, -0.15) is 0 Å². The van der Waals surface area contributed by atoms with Crippen LogP contribution in [0.15, 0.2) is 23.2 Å². The summed E-state index contributed by atoms with van der Waals surface area (Å²) in [4.78, 5) is 24.6. The molecule has 3 aromatic heterocycles. The molecule has 1 aliphatic carbocycles. The Hall–Kier alpha value is -3.09. The van der Waals surface area contributed by atoms with Gasteiger partial charge in [0, 0.05) is 12.0 Å². The first-order valence-corrected chi connectivity index (χ1v) is 9.68. The highest BCUT2D eigenvalue weighted by Gasteiger charge is 2.40. The van der Waals surface area contributed by atoms with Crippen molar-refractivity contribution in [3.63, 3.8) is 0 Å². The fraction of sp³-hybridized carbons (Fsp3) is 0.500. The Morgan fingerprint density at radius 1 is 1.27 bits per heavy atom. The van der Waals surface area contributed by atoms with Crippen LogP contribution in [-0.2, 0) is 11.3 Å². The van der Waals surface area contributed by atoms with Gasteiger partial charge < -0.3 is 35.1 Å². The third kappa shape index (κ3) is 3.38. The molecule has 0 radical (unpaired) electrons. The van der Waals surface area contributed by atoms with Crippen molar-refractivity contribution in [2.75, 3.05) is 12.3 Å². The number of carbonyl (C=O) groups is 1. The molecule has 12 nitrogen and oxygen atoms in total. The number of ether oxygens (including phenoxy) is 1. The Morgan fingerprint density at radius 2 is 2.10 bits per heavy atom. The molecule has 2 fully saturated rings. The summed E-state index contributed by atoms with van der Waals surface area (Å²) in [5.41, 5.74) is 6.99. The van der Waals surface area contributed by atoms with Crippen LogP contribution >= 0.6 is 0 Å². The predicted octanol–water partition coefficient (Wildman–Crippen LogP) is -0.807. The summed E-state index contributed by atoms with van der Waals surface area (Å²) in [6, 6.07) is 0.816. The Labute approximate surface area is 170 Å². The first-order chi connectivity index (χ1) is 14.5. The Morgan fingerprint density at radius 3 is 2.90 bits per heavy atom. The second-order valence-electron chi connectivity index (χ2n) is 7.65. The Bertz CT molecular complexity index is 1080. The molecule has 1 saturated carbocycles. The third-order valence-electron chi connectivity index (χ3n) is 5.50. The van der Waals surface area contributed by atoms with Crippen molar-refractivity contribution in [3.05, 3.63) is 30.2 Å². The average Bonchev–Trinajstić information content (AvgIpc) is 3.31. The number of hydrogen-bond acceptors (Lipinski definition) is 10. The van der Waals surface area contributed by atoms with Gasteiger partial charge in [0.1, 0.15) is 35.9 Å². The molecule has 1 saturated heterocycles. The van der Waals surface area contributed by atoms with Crippen molar-refractivity contribution in [1.82, 2.24) is 30.0 Å². The maximum atomic E-state index is 12.4. The van der Waals surface area contributed by atoms with Crippen molar-refractivity contribution in [2.24, 2.45) is 0 Å². The smallest absolute Gasteiger partial charge is 0.273 e. The van der Waals surface area contributed by atoms with Crippen molar-refractivity contribution in [3.8, 4) is 0 Å². The molecule has 158 valence electrons. The molecule has 4 atom stereocenters. The van der Waals surface area contributed by atoms with Gasteiger partial charge in [-0.15, -0.1) is 0 Å². The van der Waals surface area contributed by atoms with Crippen LogP contribution in [0.3, 0.4) is 0 Å². The molecular weight excluding hydrogens is 394 g/mol. The normalized spacial score (nSPS) is 26.7. The number of hydrogen-bond donors (Lipinski definition) is 4. The number of amides is 1. The van der Waals surface area contributed by atoms with E-state index in [0.29, 0.717) is 22.8 Å². The molecule has 30 heavy (non-hydrogen) atoms. The van der Waals surface area contributed by atoms with Gasteiger partial charge in [-0.3, -0.25) is 4.79 Å². The van der Waals surface area contributed by atoms with Crippen LogP contribution < -0.4 is 11.1 Å². The molecule has 0 aromatic carbocycles. The van der Waals surface area contributed by atoms with E-state index < -0.39 is 30.3 Å². The molecular formula is C18H21N7O5. The summed E-state index contributed by atoms with van der Waals surface area (Å²) in [5.74, 6) is 0.793. The molecule has 12 heteroatoms. The molecule has 0 bridgehead atoms. The summed E-state index contributed by atoms with van der Waals surface area (Å²) < 4.78 is 12.6. The average molecular weight is 415 g/mol. The Kier molecular flexibility index (Phi) is 4.60. The summed E-state index contributed by atoms with van der Waals surface area (Å²) in [7, 11) is 0. The highest BCUT2D eigenvalue weighted by Crippen LogP contribution is 2.40. The first-order valence-electron chi connectivity index (χ1n) is 9.68. The fourth-order valence-corrected chi connectivity index (χ4v) is 3.64. The molecule has 4 heterocycles. The van der Waals surface area contributed by atoms with Crippen molar-refractivity contribution in [2.45, 2.75) is 49.7 Å². The van der Waals surface area contributed by atoms with Gasteiger partial charge in [0.05, 0.1) is 25.5 Å². The predicted molar refractivity (Wildman–Crippen MR) is 101 cm³/mol. The SMILES string of the molecule is Nc1ncnc2ncn(C[C@H]3OC[C@@H](NC(=O)c4cc(C5CC5)on4)[C@H](O)[C@@H]3O)c12. The summed E-state index contributed by atoms with van der Waals surface area (Å²) >= 11 is 0. The van der Waals surface area contributed by atoms with E-state index in [1.807, 2.05) is 0 Å². The van der Waals surface area contributed by atoms with Gasteiger partial charge in [-0.1, -0.05) is 5.16 Å². The number of imidazole rings is 1. The van der Waals surface area contributed by atoms with Crippen LogP contribution in [0.2, 0.25) is 0 Å². The van der Waals surface area contributed by atoms with E-state index in [1.165, 1.54) is 12.7 Å². The lowest BCUT2D eigenvalue weighted by atomic mass is 9.97.